The van der Waals surface area contributed by atoms with E-state index in [2.05, 4.69) is 5.32 Å². The van der Waals surface area contributed by atoms with Crippen LogP contribution in [0.15, 0.2) is 24.3 Å². The van der Waals surface area contributed by atoms with E-state index in [4.69, 9.17) is 11.6 Å². The zero-order valence-electron chi connectivity index (χ0n) is 6.75. The van der Waals surface area contributed by atoms with Crippen LogP contribution < -0.4 is 5.32 Å². The number of β-amino-alcohol motifs (C(OH)–C–C–N with tert-alkyl or cyclic N) is 1. The van der Waals surface area contributed by atoms with Crippen molar-refractivity contribution in [2.75, 3.05) is 6.54 Å². The molecule has 1 unspecified atom stereocenters. The Morgan fingerprint density at radius 2 is 2.00 bits per heavy atom. The molecule has 0 aromatic heterocycles. The van der Waals surface area contributed by atoms with Crippen molar-refractivity contribution in [2.24, 2.45) is 0 Å². The van der Waals surface area contributed by atoms with E-state index in [0.29, 0.717) is 10.6 Å². The minimum absolute atomic E-state index is 0.271. The molecule has 1 aliphatic heterocycles. The van der Waals surface area contributed by atoms with Gasteiger partial charge in [0.25, 0.3) is 5.91 Å². The quantitative estimate of drug-likeness (QED) is 0.650. The van der Waals surface area contributed by atoms with Gasteiger partial charge in [0.1, 0.15) is 0 Å². The number of hydrogen-bond donors (Lipinski definition) is 2. The summed E-state index contributed by atoms with van der Waals surface area (Å²) in [5.74, 6) is -0.352. The molecule has 1 heterocycles. The smallest absolute Gasteiger partial charge is 0.258 e. The maximum atomic E-state index is 11.0. The van der Waals surface area contributed by atoms with Crippen molar-refractivity contribution in [1.29, 1.82) is 0 Å². The zero-order chi connectivity index (χ0) is 9.47. The number of carbonyl (C=O) groups excluding carboxylic acids is 1. The van der Waals surface area contributed by atoms with Gasteiger partial charge in [0.15, 0.2) is 5.60 Å². The summed E-state index contributed by atoms with van der Waals surface area (Å²) in [6, 6.07) is 6.61. The average Bonchev–Trinajstić information content (AvgIpc) is 2.15. The maximum absolute atomic E-state index is 11.0. The van der Waals surface area contributed by atoms with E-state index in [-0.39, 0.29) is 12.5 Å². The van der Waals surface area contributed by atoms with Crippen molar-refractivity contribution in [1.82, 2.24) is 5.32 Å². The largest absolute Gasteiger partial charge is 0.374 e. The lowest BCUT2D eigenvalue weighted by molar-refractivity contribution is -0.153. The van der Waals surface area contributed by atoms with Crippen molar-refractivity contribution < 1.29 is 9.90 Å². The van der Waals surface area contributed by atoms with Crippen molar-refractivity contribution in [3.05, 3.63) is 34.9 Å². The van der Waals surface area contributed by atoms with Gasteiger partial charge in [-0.05, 0) is 17.7 Å². The number of carbonyl (C=O) groups is 1. The van der Waals surface area contributed by atoms with Crippen molar-refractivity contribution in [2.45, 2.75) is 5.60 Å². The fourth-order valence-electron chi connectivity index (χ4n) is 1.29. The number of amides is 1. The summed E-state index contributed by atoms with van der Waals surface area (Å²) in [5, 5.41) is 12.9. The molecule has 1 aromatic rings. The molecule has 1 aromatic carbocycles. The number of nitrogens with one attached hydrogen (secondary N) is 1. The summed E-state index contributed by atoms with van der Waals surface area (Å²) in [5.41, 5.74) is -0.759. The molecule has 0 bridgehead atoms. The van der Waals surface area contributed by atoms with Crippen molar-refractivity contribution >= 4 is 17.5 Å². The summed E-state index contributed by atoms with van der Waals surface area (Å²) in [6.45, 7) is 0.271. The fourth-order valence-corrected chi connectivity index (χ4v) is 1.41. The molecule has 0 spiro atoms. The third-order valence-corrected chi connectivity index (χ3v) is 2.45. The Bertz CT molecular complexity index is 349. The monoisotopic (exact) mass is 197 g/mol. The summed E-state index contributed by atoms with van der Waals surface area (Å²) in [6.07, 6.45) is 0. The van der Waals surface area contributed by atoms with Crippen LogP contribution in [0.5, 0.6) is 0 Å². The molecule has 13 heavy (non-hydrogen) atoms. The zero-order valence-corrected chi connectivity index (χ0v) is 7.51. The predicted molar refractivity (Wildman–Crippen MR) is 48.4 cm³/mol. The van der Waals surface area contributed by atoms with E-state index in [1.165, 1.54) is 0 Å². The normalized spacial score (nSPS) is 26.5. The molecule has 1 saturated heterocycles. The highest BCUT2D eigenvalue weighted by Gasteiger charge is 2.45. The number of benzene rings is 1. The number of halogens is 1. The molecule has 1 aliphatic rings. The van der Waals surface area contributed by atoms with Crippen LogP contribution in [0.3, 0.4) is 0 Å². The SMILES string of the molecule is O=C1NCC1(O)c1ccc(Cl)cc1. The van der Waals surface area contributed by atoms with Crippen molar-refractivity contribution in [3.63, 3.8) is 0 Å². The topological polar surface area (TPSA) is 49.3 Å². The van der Waals surface area contributed by atoms with Crippen LogP contribution in [0.4, 0.5) is 0 Å². The van der Waals surface area contributed by atoms with E-state index >= 15 is 0 Å². The second kappa shape index (κ2) is 2.72. The Labute approximate surface area is 80.3 Å². The molecule has 1 atom stereocenters. The first-order chi connectivity index (χ1) is 6.13. The van der Waals surface area contributed by atoms with Crippen LogP contribution in [-0.4, -0.2) is 17.6 Å². The molecular formula is C9H8ClNO2. The standard InChI is InChI=1S/C9H8ClNO2/c10-7-3-1-6(2-4-7)9(13)5-11-8(9)12/h1-4,13H,5H2,(H,11,12). The van der Waals surface area contributed by atoms with Gasteiger partial charge in [-0.2, -0.15) is 0 Å². The second-order valence-corrected chi connectivity index (χ2v) is 3.49. The van der Waals surface area contributed by atoms with Crippen LogP contribution in [0, 0.1) is 0 Å². The fraction of sp³-hybridized carbons (Fsp3) is 0.222. The molecule has 3 nitrogen and oxygen atoms in total. The summed E-state index contributed by atoms with van der Waals surface area (Å²) < 4.78 is 0. The highest BCUT2D eigenvalue weighted by atomic mass is 35.5. The third-order valence-electron chi connectivity index (χ3n) is 2.20. The minimum atomic E-state index is -1.34. The molecule has 4 heteroatoms. The van der Waals surface area contributed by atoms with Gasteiger partial charge >= 0.3 is 0 Å². The number of aliphatic hydroxyl groups is 1. The minimum Gasteiger partial charge on any atom is -0.374 e. The lowest BCUT2D eigenvalue weighted by Gasteiger charge is -2.35. The number of β-lactam (4-membered cyclic amide) rings is 1. The van der Waals surface area contributed by atoms with Gasteiger partial charge in [0.2, 0.25) is 0 Å². The number of rotatable bonds is 1. The van der Waals surface area contributed by atoms with Crippen LogP contribution in [-0.2, 0) is 10.4 Å². The Kier molecular flexibility index (Phi) is 1.78. The van der Waals surface area contributed by atoms with Gasteiger partial charge in [-0.1, -0.05) is 23.7 Å². The van der Waals surface area contributed by atoms with Gasteiger partial charge in [-0.3, -0.25) is 4.79 Å². The summed E-state index contributed by atoms with van der Waals surface area (Å²) in [7, 11) is 0. The van der Waals surface area contributed by atoms with Gasteiger partial charge in [0, 0.05) is 5.02 Å². The molecule has 68 valence electrons. The first kappa shape index (κ1) is 8.53. The van der Waals surface area contributed by atoms with Gasteiger partial charge in [-0.15, -0.1) is 0 Å². The van der Waals surface area contributed by atoms with Gasteiger partial charge in [-0.25, -0.2) is 0 Å². The molecule has 0 radical (unpaired) electrons. The van der Waals surface area contributed by atoms with Crippen LogP contribution in [0.25, 0.3) is 0 Å². The van der Waals surface area contributed by atoms with Crippen molar-refractivity contribution in [3.8, 4) is 0 Å². The molecule has 1 amide bonds. The molecular weight excluding hydrogens is 190 g/mol. The average molecular weight is 198 g/mol. The summed E-state index contributed by atoms with van der Waals surface area (Å²) in [4.78, 5) is 11.0. The summed E-state index contributed by atoms with van der Waals surface area (Å²) >= 11 is 5.68. The molecule has 2 rings (SSSR count). The Balaban J connectivity index is 2.35. The maximum Gasteiger partial charge on any atom is 0.258 e. The van der Waals surface area contributed by atoms with E-state index in [9.17, 15) is 9.90 Å². The van der Waals surface area contributed by atoms with E-state index in [0.717, 1.165) is 0 Å². The van der Waals surface area contributed by atoms with Gasteiger partial charge in [0.05, 0.1) is 6.54 Å². The lowest BCUT2D eigenvalue weighted by atomic mass is 9.87. The highest BCUT2D eigenvalue weighted by Crippen LogP contribution is 2.27. The first-order valence-electron chi connectivity index (χ1n) is 3.90. The van der Waals surface area contributed by atoms with Crippen LogP contribution >= 0.6 is 11.6 Å². The second-order valence-electron chi connectivity index (χ2n) is 3.05. The highest BCUT2D eigenvalue weighted by molar-refractivity contribution is 6.30. The molecule has 0 saturated carbocycles. The molecule has 2 N–H and O–H groups in total. The Morgan fingerprint density at radius 1 is 1.38 bits per heavy atom. The first-order valence-corrected chi connectivity index (χ1v) is 4.27. The Hall–Kier alpha value is -1.06. The third kappa shape index (κ3) is 1.20. The van der Waals surface area contributed by atoms with Gasteiger partial charge < -0.3 is 10.4 Å². The number of hydrogen-bond acceptors (Lipinski definition) is 2. The molecule has 1 fully saturated rings. The Morgan fingerprint density at radius 3 is 2.38 bits per heavy atom. The van der Waals surface area contributed by atoms with E-state index in [1.54, 1.807) is 24.3 Å². The van der Waals surface area contributed by atoms with Crippen LogP contribution in [0.2, 0.25) is 5.02 Å². The lowest BCUT2D eigenvalue weighted by Crippen LogP contribution is -2.62. The predicted octanol–water partition coefficient (Wildman–Crippen LogP) is 0.657. The van der Waals surface area contributed by atoms with E-state index in [1.807, 2.05) is 0 Å². The van der Waals surface area contributed by atoms with Crippen LogP contribution in [0.1, 0.15) is 5.56 Å². The molecule has 0 aliphatic carbocycles. The van der Waals surface area contributed by atoms with E-state index < -0.39 is 5.60 Å².